The highest BCUT2D eigenvalue weighted by molar-refractivity contribution is 5.99. The van der Waals surface area contributed by atoms with Gasteiger partial charge in [0.25, 0.3) is 11.6 Å². The fraction of sp³-hybridized carbons (Fsp3) is 0.188. The highest BCUT2D eigenvalue weighted by Crippen LogP contribution is 2.35. The summed E-state index contributed by atoms with van der Waals surface area (Å²) in [5.41, 5.74) is 6.11. The van der Waals surface area contributed by atoms with E-state index in [1.165, 1.54) is 31.4 Å². The third-order valence-electron chi connectivity index (χ3n) is 3.86. The van der Waals surface area contributed by atoms with Crippen LogP contribution >= 0.6 is 0 Å². The van der Waals surface area contributed by atoms with E-state index in [9.17, 15) is 14.9 Å². The normalized spacial score (nSPS) is 19.2. The van der Waals surface area contributed by atoms with Crippen LogP contribution in [0.15, 0.2) is 48.5 Å². The van der Waals surface area contributed by atoms with Crippen molar-refractivity contribution in [1.82, 2.24) is 5.06 Å². The Morgan fingerprint density at radius 1 is 1.21 bits per heavy atom. The van der Waals surface area contributed by atoms with Crippen LogP contribution in [0.1, 0.15) is 15.9 Å². The van der Waals surface area contributed by atoms with Gasteiger partial charge < -0.3 is 4.74 Å². The summed E-state index contributed by atoms with van der Waals surface area (Å²) >= 11 is 0. The Labute approximate surface area is 137 Å². The molecule has 0 aliphatic carbocycles. The quantitative estimate of drug-likeness (QED) is 0.662. The molecule has 0 radical (unpaired) electrons. The minimum atomic E-state index is -1.29. The van der Waals surface area contributed by atoms with E-state index >= 15 is 0 Å². The largest absolute Gasteiger partial charge is 0.489 e. The number of nitrogens with zero attached hydrogens (tertiary/aromatic N) is 2. The molecule has 0 saturated heterocycles. The van der Waals surface area contributed by atoms with Crippen molar-refractivity contribution >= 4 is 11.6 Å². The molecule has 1 aliphatic rings. The minimum absolute atomic E-state index is 0.0373. The number of nitro groups is 1. The fourth-order valence-electron chi connectivity index (χ4n) is 2.69. The molecule has 124 valence electrons. The number of ether oxygens (including phenoxy) is 1. The Bertz CT molecular complexity index is 793. The SMILES string of the molecule is CON1C(=O)c2ccccc2C1(N)COc1ccc([N+](=O)[O-])cc1. The summed E-state index contributed by atoms with van der Waals surface area (Å²) in [6, 6.07) is 12.5. The van der Waals surface area contributed by atoms with Gasteiger partial charge in [0.2, 0.25) is 0 Å². The minimum Gasteiger partial charge on any atom is -0.489 e. The van der Waals surface area contributed by atoms with Crippen LogP contribution in [0.25, 0.3) is 0 Å². The van der Waals surface area contributed by atoms with Gasteiger partial charge in [-0.2, -0.15) is 5.06 Å². The zero-order valence-electron chi connectivity index (χ0n) is 12.8. The van der Waals surface area contributed by atoms with E-state index in [1.54, 1.807) is 24.3 Å². The Balaban J connectivity index is 1.85. The fourth-order valence-corrected chi connectivity index (χ4v) is 2.69. The van der Waals surface area contributed by atoms with Gasteiger partial charge in [0, 0.05) is 23.3 Å². The van der Waals surface area contributed by atoms with E-state index < -0.39 is 10.6 Å². The van der Waals surface area contributed by atoms with Gasteiger partial charge >= 0.3 is 0 Å². The van der Waals surface area contributed by atoms with Crippen LogP contribution in [0.2, 0.25) is 0 Å². The first-order chi connectivity index (χ1) is 11.5. The number of carbonyl (C=O) groups is 1. The summed E-state index contributed by atoms with van der Waals surface area (Å²) in [5.74, 6) is 0.0567. The molecule has 0 bridgehead atoms. The van der Waals surface area contributed by atoms with Crippen LogP contribution in [-0.4, -0.2) is 29.6 Å². The van der Waals surface area contributed by atoms with Crippen molar-refractivity contribution in [2.45, 2.75) is 5.66 Å². The number of fused-ring (bicyclic) bond motifs is 1. The Hall–Kier alpha value is -2.97. The number of nitrogens with two attached hydrogens (primary N) is 1. The second-order valence-corrected chi connectivity index (χ2v) is 5.29. The zero-order chi connectivity index (χ0) is 17.3. The number of amides is 1. The maximum atomic E-state index is 12.4. The summed E-state index contributed by atoms with van der Waals surface area (Å²) in [5, 5.41) is 11.7. The molecule has 1 aliphatic heterocycles. The van der Waals surface area contributed by atoms with Gasteiger partial charge in [0.05, 0.1) is 12.0 Å². The number of hydrogen-bond donors (Lipinski definition) is 1. The van der Waals surface area contributed by atoms with Gasteiger partial charge in [-0.15, -0.1) is 0 Å². The molecule has 24 heavy (non-hydrogen) atoms. The molecule has 0 fully saturated rings. The zero-order valence-corrected chi connectivity index (χ0v) is 12.8. The Kier molecular flexibility index (Phi) is 3.92. The van der Waals surface area contributed by atoms with E-state index in [0.29, 0.717) is 16.9 Å². The number of carbonyl (C=O) groups excluding carboxylic acids is 1. The van der Waals surface area contributed by atoms with E-state index in [0.717, 1.165) is 5.06 Å². The van der Waals surface area contributed by atoms with Crippen molar-refractivity contribution in [2.75, 3.05) is 13.7 Å². The third kappa shape index (κ3) is 2.47. The average molecular weight is 329 g/mol. The Morgan fingerprint density at radius 3 is 2.50 bits per heavy atom. The van der Waals surface area contributed by atoms with Crippen molar-refractivity contribution in [3.63, 3.8) is 0 Å². The number of non-ortho nitro benzene ring substituents is 1. The first-order valence-corrected chi connectivity index (χ1v) is 7.11. The van der Waals surface area contributed by atoms with Crippen LogP contribution in [0.5, 0.6) is 5.75 Å². The molecule has 3 rings (SSSR count). The molecule has 2 aromatic carbocycles. The summed E-state index contributed by atoms with van der Waals surface area (Å²) in [6.07, 6.45) is 0. The first-order valence-electron chi connectivity index (χ1n) is 7.11. The lowest BCUT2D eigenvalue weighted by molar-refractivity contribution is -0.384. The highest BCUT2D eigenvalue weighted by Gasteiger charge is 2.48. The van der Waals surface area contributed by atoms with Crippen LogP contribution in [-0.2, 0) is 10.5 Å². The van der Waals surface area contributed by atoms with Gasteiger partial charge in [-0.05, 0) is 18.2 Å². The summed E-state index contributed by atoms with van der Waals surface area (Å²) in [4.78, 5) is 27.7. The second-order valence-electron chi connectivity index (χ2n) is 5.29. The molecule has 1 unspecified atom stereocenters. The molecule has 8 heteroatoms. The topological polar surface area (TPSA) is 108 Å². The van der Waals surface area contributed by atoms with Crippen molar-refractivity contribution in [1.29, 1.82) is 0 Å². The Morgan fingerprint density at radius 2 is 1.88 bits per heavy atom. The lowest BCUT2D eigenvalue weighted by Crippen LogP contribution is -2.54. The van der Waals surface area contributed by atoms with E-state index in [-0.39, 0.29) is 18.2 Å². The van der Waals surface area contributed by atoms with Crippen LogP contribution in [0, 0.1) is 10.1 Å². The van der Waals surface area contributed by atoms with Crippen molar-refractivity contribution < 1.29 is 19.3 Å². The number of hydrogen-bond acceptors (Lipinski definition) is 6. The third-order valence-corrected chi connectivity index (χ3v) is 3.86. The van der Waals surface area contributed by atoms with Gasteiger partial charge in [-0.25, -0.2) is 0 Å². The molecule has 2 aromatic rings. The molecule has 1 atom stereocenters. The molecule has 0 spiro atoms. The number of benzene rings is 2. The first kappa shape index (κ1) is 15.9. The van der Waals surface area contributed by atoms with Gasteiger partial charge in [-0.3, -0.25) is 25.5 Å². The highest BCUT2D eigenvalue weighted by atomic mass is 16.7. The average Bonchev–Trinajstić information content (AvgIpc) is 2.81. The monoisotopic (exact) mass is 329 g/mol. The number of nitro benzene ring substituents is 1. The van der Waals surface area contributed by atoms with Gasteiger partial charge in [0.1, 0.15) is 12.4 Å². The van der Waals surface area contributed by atoms with Crippen molar-refractivity contribution in [2.24, 2.45) is 5.73 Å². The standard InChI is InChI=1S/C16H15N3O5/c1-23-18-15(20)13-4-2-3-5-14(13)16(18,17)10-24-12-8-6-11(7-9-12)19(21)22/h2-9H,10,17H2,1H3. The molecule has 1 heterocycles. The molecular weight excluding hydrogens is 314 g/mol. The summed E-state index contributed by atoms with van der Waals surface area (Å²) < 4.78 is 5.64. The maximum absolute atomic E-state index is 12.4. The van der Waals surface area contributed by atoms with Crippen LogP contribution in [0.3, 0.4) is 0 Å². The van der Waals surface area contributed by atoms with Crippen LogP contribution in [0.4, 0.5) is 5.69 Å². The van der Waals surface area contributed by atoms with E-state index in [4.69, 9.17) is 15.3 Å². The van der Waals surface area contributed by atoms with Gasteiger partial charge in [-0.1, -0.05) is 18.2 Å². The maximum Gasteiger partial charge on any atom is 0.280 e. The number of hydroxylamine groups is 2. The summed E-state index contributed by atoms with van der Waals surface area (Å²) in [6.45, 7) is -0.0681. The summed E-state index contributed by atoms with van der Waals surface area (Å²) in [7, 11) is 1.36. The molecule has 0 aromatic heterocycles. The lowest BCUT2D eigenvalue weighted by atomic mass is 10.0. The smallest absolute Gasteiger partial charge is 0.280 e. The van der Waals surface area contributed by atoms with Crippen molar-refractivity contribution in [3.05, 3.63) is 69.8 Å². The van der Waals surface area contributed by atoms with E-state index in [2.05, 4.69) is 0 Å². The van der Waals surface area contributed by atoms with Gasteiger partial charge in [0.15, 0.2) is 5.66 Å². The van der Waals surface area contributed by atoms with E-state index in [1.807, 2.05) is 0 Å². The molecule has 1 amide bonds. The lowest BCUT2D eigenvalue weighted by Gasteiger charge is -2.32. The molecule has 0 saturated carbocycles. The molecule has 8 nitrogen and oxygen atoms in total. The van der Waals surface area contributed by atoms with Crippen molar-refractivity contribution in [3.8, 4) is 5.75 Å². The predicted octanol–water partition coefficient (Wildman–Crippen LogP) is 1.80. The second kappa shape index (κ2) is 5.91. The predicted molar refractivity (Wildman–Crippen MR) is 84.1 cm³/mol. The molecule has 2 N–H and O–H groups in total. The molecular formula is C16H15N3O5. The van der Waals surface area contributed by atoms with Crippen LogP contribution < -0.4 is 10.5 Å². The number of rotatable bonds is 5.